The van der Waals surface area contributed by atoms with Gasteiger partial charge in [0, 0.05) is 11.8 Å². The summed E-state index contributed by atoms with van der Waals surface area (Å²) in [6, 6.07) is 4.05. The summed E-state index contributed by atoms with van der Waals surface area (Å²) in [5.74, 6) is -4.13. The van der Waals surface area contributed by atoms with Crippen molar-refractivity contribution in [3.63, 3.8) is 0 Å². The molecule has 30 heavy (non-hydrogen) atoms. The molecule has 0 aliphatic carbocycles. The zero-order chi connectivity index (χ0) is 22.4. The van der Waals surface area contributed by atoms with Crippen LogP contribution in [0.3, 0.4) is 0 Å². The van der Waals surface area contributed by atoms with Crippen LogP contribution < -0.4 is 10.1 Å². The number of alkyl halides is 7. The maximum atomic E-state index is 13.4. The van der Waals surface area contributed by atoms with Gasteiger partial charge in [-0.05, 0) is 36.1 Å². The summed E-state index contributed by atoms with van der Waals surface area (Å²) in [5, 5.41) is 3.32. The first-order valence-electron chi connectivity index (χ1n) is 8.69. The van der Waals surface area contributed by atoms with Crippen LogP contribution >= 0.6 is 11.8 Å². The highest BCUT2D eigenvalue weighted by atomic mass is 32.2. The van der Waals surface area contributed by atoms with Crippen LogP contribution in [0.15, 0.2) is 47.5 Å². The molecule has 0 amide bonds. The van der Waals surface area contributed by atoms with Crippen molar-refractivity contribution < 1.29 is 35.5 Å². The first kappa shape index (κ1) is 24.1. The number of aliphatic imine (C=N–C) groups is 1. The summed E-state index contributed by atoms with van der Waals surface area (Å²) in [6.07, 6.45) is -3.14. The molecule has 1 aliphatic heterocycles. The molecule has 0 bridgehead atoms. The van der Waals surface area contributed by atoms with Crippen LogP contribution in [0.25, 0.3) is 5.57 Å². The van der Waals surface area contributed by atoms with Crippen molar-refractivity contribution in [2.75, 3.05) is 26.0 Å². The molecule has 1 heterocycles. The Labute approximate surface area is 173 Å². The maximum absolute atomic E-state index is 13.4. The Balaban J connectivity index is 2.11. The number of amidine groups is 1. The molecular weight excluding hydrogens is 437 g/mol. The Hall–Kier alpha value is -2.17. The maximum Gasteiger partial charge on any atom is 0.416 e. The van der Waals surface area contributed by atoms with E-state index < -0.39 is 30.7 Å². The fraction of sp³-hybridized carbons (Fsp3) is 0.421. The molecule has 0 spiro atoms. The van der Waals surface area contributed by atoms with Gasteiger partial charge in [0.15, 0.2) is 6.61 Å². The highest BCUT2D eigenvalue weighted by Crippen LogP contribution is 2.35. The van der Waals surface area contributed by atoms with Crippen molar-refractivity contribution in [2.45, 2.75) is 23.8 Å². The van der Waals surface area contributed by atoms with Crippen LogP contribution in [0.4, 0.5) is 30.7 Å². The van der Waals surface area contributed by atoms with Crippen LogP contribution in [0, 0.1) is 0 Å². The minimum Gasteiger partial charge on any atom is -0.487 e. The van der Waals surface area contributed by atoms with Gasteiger partial charge in [-0.2, -0.15) is 33.7 Å². The van der Waals surface area contributed by atoms with E-state index in [2.05, 4.69) is 15.0 Å². The number of nitrogens with one attached hydrogen (secondary N) is 1. The van der Waals surface area contributed by atoms with Crippen LogP contribution in [-0.2, 0) is 0 Å². The lowest BCUT2D eigenvalue weighted by Crippen LogP contribution is -2.36. The van der Waals surface area contributed by atoms with Crippen molar-refractivity contribution in [1.29, 1.82) is 0 Å². The molecule has 0 saturated heterocycles. The normalized spacial score (nSPS) is 18.5. The van der Waals surface area contributed by atoms with E-state index in [9.17, 15) is 30.7 Å². The van der Waals surface area contributed by atoms with Gasteiger partial charge in [-0.1, -0.05) is 18.2 Å². The Morgan fingerprint density at radius 3 is 2.40 bits per heavy atom. The van der Waals surface area contributed by atoms with Crippen molar-refractivity contribution >= 4 is 23.2 Å². The molecule has 2 rings (SSSR count). The van der Waals surface area contributed by atoms with Gasteiger partial charge >= 0.3 is 18.5 Å². The highest BCUT2D eigenvalue weighted by Gasteiger charge is 2.41. The lowest BCUT2D eigenvalue weighted by Gasteiger charge is -2.19. The minimum absolute atomic E-state index is 0.235. The van der Waals surface area contributed by atoms with E-state index in [1.54, 1.807) is 11.8 Å². The molecule has 0 fully saturated rings. The fourth-order valence-electron chi connectivity index (χ4n) is 2.37. The van der Waals surface area contributed by atoms with Gasteiger partial charge in [-0.3, -0.25) is 4.99 Å². The number of benzene rings is 1. The quantitative estimate of drug-likeness (QED) is 0.431. The monoisotopic (exact) mass is 456 g/mol. The molecule has 1 aromatic rings. The Morgan fingerprint density at radius 1 is 1.23 bits per heavy atom. The lowest BCUT2D eigenvalue weighted by atomic mass is 10.0. The molecule has 1 aliphatic rings. The molecule has 3 nitrogen and oxygen atoms in total. The molecule has 1 N–H and O–H groups in total. The van der Waals surface area contributed by atoms with E-state index >= 15 is 0 Å². The van der Waals surface area contributed by atoms with E-state index in [0.717, 1.165) is 30.3 Å². The number of hydrogen-bond acceptors (Lipinski definition) is 4. The van der Waals surface area contributed by atoms with Gasteiger partial charge in [-0.25, -0.2) is 8.78 Å². The number of rotatable bonds is 8. The molecule has 166 valence electrons. The van der Waals surface area contributed by atoms with Gasteiger partial charge in [0.2, 0.25) is 0 Å². The van der Waals surface area contributed by atoms with E-state index in [1.165, 1.54) is 12.2 Å². The zero-order valence-electron chi connectivity index (χ0n) is 15.7. The Kier molecular flexibility index (Phi) is 8.22. The number of nitrogens with zero attached hydrogens (tertiary/aromatic N) is 1. The minimum atomic E-state index is -4.68. The average molecular weight is 456 g/mol. The molecule has 0 radical (unpaired) electrons. The van der Waals surface area contributed by atoms with Crippen molar-refractivity contribution in [3.05, 3.63) is 48.1 Å². The topological polar surface area (TPSA) is 33.6 Å². The number of ether oxygens (including phenoxy) is 1. The lowest BCUT2D eigenvalue weighted by molar-refractivity contribution is -0.148. The van der Waals surface area contributed by atoms with Crippen LogP contribution in [-0.4, -0.2) is 55.6 Å². The molecule has 1 unspecified atom stereocenters. The van der Waals surface area contributed by atoms with Gasteiger partial charge in [0.25, 0.3) is 0 Å². The van der Waals surface area contributed by atoms with E-state index in [-0.39, 0.29) is 11.3 Å². The standard InChI is InChI=1S/C19H19F7N2OS/c1-30-14-9-27-16(28-10-14)4-2-3-15(19(24,25)26)12-5-7-13(8-6-12)29-11-18(22,23)17(20)21/h2-8,14,17H,9-11H2,1H3,(H,27,28)/b4-2+,15-3-. The molecule has 11 heteroatoms. The van der Waals surface area contributed by atoms with Crippen molar-refractivity contribution in [3.8, 4) is 5.75 Å². The zero-order valence-corrected chi connectivity index (χ0v) is 16.5. The molecule has 1 aromatic carbocycles. The fourth-order valence-corrected chi connectivity index (χ4v) is 2.85. The number of thioether (sulfide) groups is 1. The summed E-state index contributed by atoms with van der Waals surface area (Å²) >= 11 is 1.64. The third kappa shape index (κ3) is 6.96. The van der Waals surface area contributed by atoms with Crippen LogP contribution in [0.2, 0.25) is 0 Å². The largest absolute Gasteiger partial charge is 0.487 e. The predicted octanol–water partition coefficient (Wildman–Crippen LogP) is 5.20. The molecule has 0 aromatic heterocycles. The average Bonchev–Trinajstić information content (AvgIpc) is 2.70. The number of hydrogen-bond donors (Lipinski definition) is 1. The van der Waals surface area contributed by atoms with Gasteiger partial charge in [0.05, 0.1) is 12.1 Å². The van der Waals surface area contributed by atoms with Crippen LogP contribution in [0.1, 0.15) is 5.56 Å². The second kappa shape index (κ2) is 10.2. The Morgan fingerprint density at radius 2 is 1.90 bits per heavy atom. The molecule has 1 atom stereocenters. The van der Waals surface area contributed by atoms with Crippen LogP contribution in [0.5, 0.6) is 5.75 Å². The highest BCUT2D eigenvalue weighted by molar-refractivity contribution is 7.99. The predicted molar refractivity (Wildman–Crippen MR) is 104 cm³/mol. The second-order valence-electron chi connectivity index (χ2n) is 6.28. The van der Waals surface area contributed by atoms with Gasteiger partial charge in [-0.15, -0.1) is 0 Å². The van der Waals surface area contributed by atoms with Crippen molar-refractivity contribution in [1.82, 2.24) is 5.32 Å². The summed E-state index contributed by atoms with van der Waals surface area (Å²) in [5.41, 5.74) is -1.21. The van der Waals surface area contributed by atoms with Gasteiger partial charge in [0.1, 0.15) is 11.6 Å². The first-order valence-corrected chi connectivity index (χ1v) is 9.97. The van der Waals surface area contributed by atoms with Crippen molar-refractivity contribution in [2.24, 2.45) is 4.99 Å². The molecule has 0 saturated carbocycles. The van der Waals surface area contributed by atoms with Gasteiger partial charge < -0.3 is 10.1 Å². The second-order valence-corrected chi connectivity index (χ2v) is 7.41. The molecular formula is C19H19F7N2OS. The number of halogens is 7. The Bertz CT molecular complexity index is 789. The number of allylic oxidation sites excluding steroid dienone is 3. The van der Waals surface area contributed by atoms with E-state index in [1.807, 2.05) is 6.26 Å². The van der Waals surface area contributed by atoms with E-state index in [4.69, 9.17) is 0 Å². The summed E-state index contributed by atoms with van der Waals surface area (Å²) < 4.78 is 94.7. The van der Waals surface area contributed by atoms with E-state index in [0.29, 0.717) is 24.2 Å². The first-order chi connectivity index (χ1) is 14.0. The summed E-state index contributed by atoms with van der Waals surface area (Å²) in [4.78, 5) is 4.23. The smallest absolute Gasteiger partial charge is 0.416 e. The third-order valence-electron chi connectivity index (χ3n) is 4.05. The summed E-state index contributed by atoms with van der Waals surface area (Å²) in [7, 11) is 0. The SMILES string of the molecule is CSC1CN=C(/C=C/C=C(/c2ccc(OCC(F)(F)C(F)F)cc2)C(F)(F)F)NC1. The third-order valence-corrected chi connectivity index (χ3v) is 5.03. The summed E-state index contributed by atoms with van der Waals surface area (Å²) in [6.45, 7) is -0.358.